The number of aryl methyl sites for hydroxylation is 2. The van der Waals surface area contributed by atoms with Crippen molar-refractivity contribution in [1.82, 2.24) is 38.2 Å². The van der Waals surface area contributed by atoms with Crippen LogP contribution in [0.3, 0.4) is 0 Å². The van der Waals surface area contributed by atoms with Crippen LogP contribution in [0.4, 0.5) is 32.2 Å². The summed E-state index contributed by atoms with van der Waals surface area (Å²) in [5.41, 5.74) is 10.8. The lowest BCUT2D eigenvalue weighted by Crippen LogP contribution is -2.11. The summed E-state index contributed by atoms with van der Waals surface area (Å²) in [6, 6.07) is 33.6. The number of benzene rings is 2. The van der Waals surface area contributed by atoms with Crippen molar-refractivity contribution in [2.45, 2.75) is 42.5 Å². The Balaban J connectivity index is 0.000000155. The van der Waals surface area contributed by atoms with Gasteiger partial charge in [0.15, 0.2) is 5.16 Å². The van der Waals surface area contributed by atoms with Crippen LogP contribution in [-0.4, -0.2) is 50.2 Å². The third kappa shape index (κ3) is 12.3. The van der Waals surface area contributed by atoms with Gasteiger partial charge in [0.05, 0.1) is 28.0 Å². The first-order valence-electron chi connectivity index (χ1n) is 19.1. The van der Waals surface area contributed by atoms with Gasteiger partial charge in [-0.05, 0) is 54.5 Å². The Morgan fingerprint density at radius 3 is 1.70 bits per heavy atom. The smallest absolute Gasteiger partial charge is 0.384 e. The first kappa shape index (κ1) is 46.3. The number of alkyl halides is 7. The maximum absolute atomic E-state index is 13.1. The molecule has 0 amide bonds. The van der Waals surface area contributed by atoms with E-state index in [9.17, 15) is 26.3 Å². The fraction of sp³-hybridized carbons (Fsp3) is 0.178. The number of anilines is 1. The van der Waals surface area contributed by atoms with Gasteiger partial charge in [0, 0.05) is 62.3 Å². The van der Waals surface area contributed by atoms with Crippen molar-refractivity contribution in [3.05, 3.63) is 174 Å². The average molecular weight is 920 g/mol. The number of fused-ring (bicyclic) bond motifs is 2. The molecule has 9 nitrogen and oxygen atoms in total. The van der Waals surface area contributed by atoms with Gasteiger partial charge < -0.3 is 15.2 Å². The third-order valence-electron chi connectivity index (χ3n) is 9.19. The molecule has 0 bridgehead atoms. The Bertz CT molecular complexity index is 2800. The number of pyridine rings is 3. The summed E-state index contributed by atoms with van der Waals surface area (Å²) >= 11 is 12.1. The SMILES string of the molecule is CN1C=C(c2ccccc2)CC1=S.Cc1cccc(N)n1.Cn1cc(-c2ccccc2)nc1SCc1cn2c(C(F)(F)F)cccc2n1.FC(F)(F)c1cccc2nc(CCl)cn12. The zero-order valence-corrected chi connectivity index (χ0v) is 36.4. The lowest BCUT2D eigenvalue weighted by Gasteiger charge is -2.08. The summed E-state index contributed by atoms with van der Waals surface area (Å²) in [6.07, 6.45) is -1.13. The number of thiocarbonyl (C=S) groups is 1. The molecule has 0 aliphatic carbocycles. The maximum Gasteiger partial charge on any atom is 0.431 e. The van der Waals surface area contributed by atoms with Crippen molar-refractivity contribution in [2.24, 2.45) is 7.05 Å². The second-order valence-electron chi connectivity index (χ2n) is 14.0. The minimum absolute atomic E-state index is 0.0962. The van der Waals surface area contributed by atoms with Crippen molar-refractivity contribution < 1.29 is 26.3 Å². The van der Waals surface area contributed by atoms with Crippen molar-refractivity contribution >= 4 is 63.3 Å². The number of nitrogens with two attached hydrogens (primary N) is 1. The van der Waals surface area contributed by atoms with Crippen molar-refractivity contribution in [3.63, 3.8) is 0 Å². The summed E-state index contributed by atoms with van der Waals surface area (Å²) in [5, 5.41) is 0.780. The highest BCUT2D eigenvalue weighted by atomic mass is 35.5. The van der Waals surface area contributed by atoms with E-state index in [2.05, 4.69) is 50.4 Å². The summed E-state index contributed by atoms with van der Waals surface area (Å²) in [7, 11) is 3.89. The van der Waals surface area contributed by atoms with E-state index in [1.807, 2.05) is 85.2 Å². The molecule has 2 N–H and O–H groups in total. The van der Waals surface area contributed by atoms with E-state index in [0.717, 1.165) is 54.5 Å². The molecule has 6 aromatic heterocycles. The van der Waals surface area contributed by atoms with Gasteiger partial charge >= 0.3 is 12.4 Å². The van der Waals surface area contributed by atoms with Gasteiger partial charge in [-0.15, -0.1) is 11.6 Å². The molecule has 0 saturated heterocycles. The fourth-order valence-corrected chi connectivity index (χ4v) is 7.39. The fourth-order valence-electron chi connectivity index (χ4n) is 6.22. The van der Waals surface area contributed by atoms with Crippen LogP contribution >= 0.6 is 35.6 Å². The summed E-state index contributed by atoms with van der Waals surface area (Å²) < 4.78 is 81.0. The first-order valence-corrected chi connectivity index (χ1v) is 21.0. The number of halogens is 7. The Kier molecular flexibility index (Phi) is 15.0. The van der Waals surface area contributed by atoms with Gasteiger partial charge in [-0.3, -0.25) is 8.80 Å². The molecule has 8 aromatic rings. The van der Waals surface area contributed by atoms with Crippen LogP contribution in [0.2, 0.25) is 0 Å². The number of nitrogens with zero attached hydrogens (tertiary/aromatic N) is 8. The largest absolute Gasteiger partial charge is 0.431 e. The Hall–Kier alpha value is -6.17. The van der Waals surface area contributed by atoms with Crippen LogP contribution in [0, 0.1) is 6.92 Å². The van der Waals surface area contributed by atoms with E-state index in [-0.39, 0.29) is 17.2 Å². The zero-order valence-electron chi connectivity index (χ0n) is 34.0. The standard InChI is InChI=1S/C19H15F3N4S.C11H11NS.C9H6ClF3N2.C6H8N2/c1-25-11-15(13-6-3-2-4-7-13)24-18(25)27-12-14-10-26-16(19(20,21)22)8-5-9-17(26)23-14;1-12-8-10(7-11(12)13)9-5-3-2-4-6-9;10-4-6-5-15-7(9(11,12)13)2-1-3-8(15)14-6;1-5-3-2-4-6(7)8-5/h2-11H,12H2,1H3;2-6,8H,7H2,1H3;1-3,5H,4H2;2-4H,1H3,(H2,7,8). The van der Waals surface area contributed by atoms with Crippen molar-refractivity contribution in [2.75, 3.05) is 12.8 Å². The molecule has 63 heavy (non-hydrogen) atoms. The normalized spacial score (nSPS) is 12.6. The Morgan fingerprint density at radius 2 is 1.21 bits per heavy atom. The molecule has 0 atom stereocenters. The lowest BCUT2D eigenvalue weighted by molar-refractivity contribution is -0.142. The van der Waals surface area contributed by atoms with E-state index in [0.29, 0.717) is 23.0 Å². The molecule has 0 radical (unpaired) electrons. The summed E-state index contributed by atoms with van der Waals surface area (Å²) in [4.78, 5) is 19.8. The van der Waals surface area contributed by atoms with E-state index >= 15 is 0 Å². The minimum Gasteiger partial charge on any atom is -0.384 e. The molecule has 1 aliphatic rings. The van der Waals surface area contributed by atoms with E-state index in [1.54, 1.807) is 12.1 Å². The Morgan fingerprint density at radius 1 is 0.667 bits per heavy atom. The molecular weight excluding hydrogens is 880 g/mol. The monoisotopic (exact) mass is 919 g/mol. The average Bonchev–Trinajstić information content (AvgIpc) is 4.05. The molecule has 326 valence electrons. The molecule has 7 heterocycles. The number of hydrogen-bond acceptors (Lipinski definition) is 7. The lowest BCUT2D eigenvalue weighted by atomic mass is 10.1. The van der Waals surface area contributed by atoms with Crippen LogP contribution in [0.1, 0.15) is 40.5 Å². The topological polar surface area (TPSA) is 94.6 Å². The highest BCUT2D eigenvalue weighted by molar-refractivity contribution is 7.98. The molecule has 1 aliphatic heterocycles. The molecule has 0 spiro atoms. The first-order chi connectivity index (χ1) is 30.0. The number of imidazole rings is 3. The maximum atomic E-state index is 13.1. The number of hydrogen-bond donors (Lipinski definition) is 1. The predicted octanol–water partition coefficient (Wildman–Crippen LogP) is 11.8. The van der Waals surface area contributed by atoms with Crippen LogP contribution in [0.25, 0.3) is 28.1 Å². The number of thioether (sulfide) groups is 1. The molecule has 0 unspecified atom stereocenters. The number of nitrogen functional groups attached to an aromatic ring is 1. The quantitative estimate of drug-likeness (QED) is 0.0763. The van der Waals surface area contributed by atoms with Crippen LogP contribution in [0.15, 0.2) is 145 Å². The second-order valence-corrected chi connectivity index (χ2v) is 15.6. The molecule has 0 saturated carbocycles. The van der Waals surface area contributed by atoms with Gasteiger partial charge in [0.25, 0.3) is 0 Å². The second kappa shape index (κ2) is 20.3. The third-order valence-corrected chi connectivity index (χ3v) is 11.0. The summed E-state index contributed by atoms with van der Waals surface area (Å²) in [5.74, 6) is 1.11. The van der Waals surface area contributed by atoms with Gasteiger partial charge in [0.1, 0.15) is 28.5 Å². The zero-order chi connectivity index (χ0) is 45.3. The van der Waals surface area contributed by atoms with Crippen molar-refractivity contribution in [3.8, 4) is 11.3 Å². The molecule has 0 fully saturated rings. The van der Waals surface area contributed by atoms with Crippen molar-refractivity contribution in [1.29, 1.82) is 0 Å². The number of rotatable bonds is 6. The van der Waals surface area contributed by atoms with E-state index in [1.165, 1.54) is 53.5 Å². The predicted molar refractivity (Wildman–Crippen MR) is 241 cm³/mol. The molecule has 18 heteroatoms. The van der Waals surface area contributed by atoms with Crippen LogP contribution < -0.4 is 5.73 Å². The van der Waals surface area contributed by atoms with Gasteiger partial charge in [0.2, 0.25) is 0 Å². The van der Waals surface area contributed by atoms with Gasteiger partial charge in [-0.1, -0.05) is 103 Å². The molecule has 9 rings (SSSR count). The van der Waals surface area contributed by atoms with E-state index in [4.69, 9.17) is 29.6 Å². The molecule has 2 aromatic carbocycles. The van der Waals surface area contributed by atoms with Gasteiger partial charge in [-0.25, -0.2) is 19.9 Å². The number of aromatic nitrogens is 7. The van der Waals surface area contributed by atoms with Crippen LogP contribution in [-0.2, 0) is 31.0 Å². The minimum atomic E-state index is -4.42. The molecular formula is C45H40ClF6N9S2. The van der Waals surface area contributed by atoms with Gasteiger partial charge in [-0.2, -0.15) is 26.3 Å². The highest BCUT2D eigenvalue weighted by Crippen LogP contribution is 2.32. The summed E-state index contributed by atoms with van der Waals surface area (Å²) in [6.45, 7) is 1.91. The van der Waals surface area contributed by atoms with E-state index < -0.39 is 23.7 Å². The van der Waals surface area contributed by atoms with Crippen LogP contribution in [0.5, 0.6) is 0 Å². The Labute approximate surface area is 373 Å². The highest BCUT2D eigenvalue weighted by Gasteiger charge is 2.34.